The predicted molar refractivity (Wildman–Crippen MR) is 173 cm³/mol. The smallest absolute Gasteiger partial charge is 0.262 e. The van der Waals surface area contributed by atoms with Crippen molar-refractivity contribution in [3.05, 3.63) is 44.1 Å². The molecule has 6 heteroatoms. The minimum Gasteiger partial charge on any atom is -0.277 e. The van der Waals surface area contributed by atoms with Crippen molar-refractivity contribution in [2.75, 3.05) is 7.05 Å². The summed E-state index contributed by atoms with van der Waals surface area (Å²) in [5.74, 6) is 1.14. The third kappa shape index (κ3) is 5.07. The van der Waals surface area contributed by atoms with Crippen LogP contribution in [0.2, 0.25) is 0 Å². The quantitative estimate of drug-likeness (QED) is 0.184. The highest BCUT2D eigenvalue weighted by Gasteiger charge is 2.47. The third-order valence-electron chi connectivity index (χ3n) is 9.40. The molecule has 0 fully saturated rings. The molecule has 0 aromatic carbocycles. The molecule has 0 radical (unpaired) electrons. The summed E-state index contributed by atoms with van der Waals surface area (Å²) in [4.78, 5) is 34.7. The lowest BCUT2D eigenvalue weighted by molar-refractivity contribution is 0.0693. The van der Waals surface area contributed by atoms with Gasteiger partial charge in [0.1, 0.15) is 0 Å². The van der Waals surface area contributed by atoms with Crippen molar-refractivity contribution >= 4 is 45.8 Å². The fourth-order valence-corrected chi connectivity index (χ4v) is 10.6. The van der Waals surface area contributed by atoms with Crippen LogP contribution in [0.25, 0.3) is 19.5 Å². The van der Waals surface area contributed by atoms with Crippen molar-refractivity contribution < 1.29 is 9.59 Å². The van der Waals surface area contributed by atoms with Gasteiger partial charge >= 0.3 is 0 Å². The maximum absolute atomic E-state index is 13.2. The van der Waals surface area contributed by atoms with Crippen molar-refractivity contribution in [1.29, 1.82) is 0 Å². The van der Waals surface area contributed by atoms with Gasteiger partial charge in [0.15, 0.2) is 0 Å². The fraction of sp³-hybridized carbons (Fsp3) is 0.588. The van der Waals surface area contributed by atoms with Crippen LogP contribution in [0.4, 0.5) is 0 Å². The van der Waals surface area contributed by atoms with Crippen LogP contribution in [-0.2, 0) is 5.41 Å². The van der Waals surface area contributed by atoms with Gasteiger partial charge in [-0.25, -0.2) is 0 Å². The van der Waals surface area contributed by atoms with E-state index in [2.05, 4.69) is 46.8 Å². The van der Waals surface area contributed by atoms with E-state index < -0.39 is 0 Å². The van der Waals surface area contributed by atoms with Crippen LogP contribution >= 0.6 is 34.0 Å². The van der Waals surface area contributed by atoms with Gasteiger partial charge in [-0.2, -0.15) is 0 Å². The molecule has 0 spiro atoms. The van der Waals surface area contributed by atoms with Gasteiger partial charge in [0.25, 0.3) is 11.8 Å². The van der Waals surface area contributed by atoms with Gasteiger partial charge in [-0.3, -0.25) is 14.5 Å². The Morgan fingerprint density at radius 3 is 1.90 bits per heavy atom. The highest BCUT2D eigenvalue weighted by molar-refractivity contribution is 7.27. The minimum atomic E-state index is -0.156. The van der Waals surface area contributed by atoms with Gasteiger partial charge in [-0.15, -0.1) is 34.0 Å². The van der Waals surface area contributed by atoms with Gasteiger partial charge < -0.3 is 0 Å². The summed E-state index contributed by atoms with van der Waals surface area (Å²) in [5, 5.41) is 0. The van der Waals surface area contributed by atoms with Crippen LogP contribution in [0, 0.1) is 25.7 Å². The molecule has 3 aromatic rings. The average molecular weight is 596 g/mol. The zero-order chi connectivity index (χ0) is 28.8. The Balaban J connectivity index is 1.59. The third-order valence-corrected chi connectivity index (χ3v) is 13.0. The van der Waals surface area contributed by atoms with Crippen LogP contribution in [0.3, 0.4) is 0 Å². The molecule has 0 saturated carbocycles. The van der Waals surface area contributed by atoms with Gasteiger partial charge in [-0.1, -0.05) is 66.2 Å². The van der Waals surface area contributed by atoms with Crippen LogP contribution in [0.1, 0.15) is 134 Å². The fourth-order valence-electron chi connectivity index (χ4n) is 6.86. The average Bonchev–Trinajstić information content (AvgIpc) is 3.70. The number of hydrogen-bond acceptors (Lipinski definition) is 5. The number of hydrogen-bond donors (Lipinski definition) is 0. The predicted octanol–water partition coefficient (Wildman–Crippen LogP) is 10.9. The van der Waals surface area contributed by atoms with Crippen LogP contribution < -0.4 is 0 Å². The number of nitrogens with zero attached hydrogens (tertiary/aromatic N) is 1. The lowest BCUT2D eigenvalue weighted by Crippen LogP contribution is -2.26. The van der Waals surface area contributed by atoms with Crippen molar-refractivity contribution in [3.8, 4) is 19.5 Å². The summed E-state index contributed by atoms with van der Waals surface area (Å²) in [6, 6.07) is 4.92. The number of amides is 2. The van der Waals surface area contributed by atoms with Gasteiger partial charge in [0.2, 0.25) is 0 Å². The van der Waals surface area contributed by atoms with Gasteiger partial charge in [0.05, 0.1) is 16.0 Å². The number of unbranched alkanes of at least 4 members (excludes halogenated alkanes) is 2. The number of thiophene rings is 3. The molecule has 2 amide bonds. The van der Waals surface area contributed by atoms with Crippen LogP contribution in [-0.4, -0.2) is 23.8 Å². The molecule has 3 nitrogen and oxygen atoms in total. The summed E-state index contributed by atoms with van der Waals surface area (Å²) in [5.41, 5.74) is 4.34. The van der Waals surface area contributed by atoms with E-state index in [0.717, 1.165) is 26.5 Å². The first-order chi connectivity index (χ1) is 19.1. The first-order valence-corrected chi connectivity index (χ1v) is 17.8. The molecule has 2 unspecified atom stereocenters. The van der Waals surface area contributed by atoms with E-state index in [1.165, 1.54) is 89.3 Å². The summed E-state index contributed by atoms with van der Waals surface area (Å²) in [6.07, 6.45) is 12.6. The molecule has 5 rings (SSSR count). The van der Waals surface area contributed by atoms with Crippen molar-refractivity contribution in [3.63, 3.8) is 0 Å². The van der Waals surface area contributed by atoms with E-state index in [0.29, 0.717) is 11.1 Å². The molecule has 3 aromatic heterocycles. The maximum atomic E-state index is 13.2. The molecule has 1 aliphatic carbocycles. The zero-order valence-corrected chi connectivity index (χ0v) is 27.8. The Hall–Kier alpha value is -1.76. The van der Waals surface area contributed by atoms with E-state index >= 15 is 0 Å². The summed E-state index contributed by atoms with van der Waals surface area (Å²) in [7, 11) is 1.61. The number of imide groups is 1. The second kappa shape index (κ2) is 11.9. The van der Waals surface area contributed by atoms with Gasteiger partial charge in [-0.05, 0) is 74.6 Å². The van der Waals surface area contributed by atoms with E-state index in [9.17, 15) is 9.59 Å². The monoisotopic (exact) mass is 595 g/mol. The molecular formula is C34H45NO2S3. The summed E-state index contributed by atoms with van der Waals surface area (Å²) < 4.78 is 0. The Bertz CT molecular complexity index is 1390. The Kier molecular flexibility index (Phi) is 8.81. The first-order valence-electron chi connectivity index (χ1n) is 15.3. The van der Waals surface area contributed by atoms with Crippen molar-refractivity contribution in [2.45, 2.75) is 111 Å². The van der Waals surface area contributed by atoms with E-state index in [1.54, 1.807) is 23.9 Å². The molecule has 40 heavy (non-hydrogen) atoms. The topological polar surface area (TPSA) is 37.4 Å². The molecule has 1 aliphatic heterocycles. The molecule has 0 N–H and O–H groups in total. The van der Waals surface area contributed by atoms with E-state index in [4.69, 9.17) is 0 Å². The number of fused-ring (bicyclic) bond motifs is 4. The number of carbonyl (C=O) groups excluding carboxylic acids is 2. The normalized spacial score (nSPS) is 19.3. The minimum absolute atomic E-state index is 0.0389. The number of rotatable bonds is 13. The molecule has 0 bridgehead atoms. The largest absolute Gasteiger partial charge is 0.277 e. The zero-order valence-electron chi connectivity index (χ0n) is 25.4. The number of carbonyl (C=O) groups is 2. The SMILES string of the molecule is CCCCC(C)CCC1(CCC(C)CCCC)c2cc(C)sc2-c2sc(-c3sc(C)c4c3C(=O)N(C)C4=O)cc21. The Labute approximate surface area is 253 Å². The van der Waals surface area contributed by atoms with Crippen LogP contribution in [0.15, 0.2) is 12.1 Å². The molecule has 2 atom stereocenters. The van der Waals surface area contributed by atoms with Gasteiger partial charge in [0, 0.05) is 36.8 Å². The first kappa shape index (κ1) is 29.7. The molecule has 4 heterocycles. The summed E-state index contributed by atoms with van der Waals surface area (Å²) in [6.45, 7) is 13.7. The van der Waals surface area contributed by atoms with Crippen molar-refractivity contribution in [2.24, 2.45) is 11.8 Å². The Morgan fingerprint density at radius 2 is 1.30 bits per heavy atom. The number of aryl methyl sites for hydroxylation is 2. The van der Waals surface area contributed by atoms with E-state index in [1.807, 2.05) is 29.6 Å². The highest BCUT2D eigenvalue weighted by atomic mass is 32.1. The standard InChI is InChI=1S/C34H45NO2S3/c1-8-10-12-20(3)14-16-34(17-15-21(4)13-11-9-2)24-18-22(5)38-29(24)30-25(34)19-26(40-30)31-28-27(23(6)39-31)32(36)35(7)33(28)37/h18-21H,8-17H2,1-7H3. The van der Waals surface area contributed by atoms with Crippen molar-refractivity contribution in [1.82, 2.24) is 4.90 Å². The van der Waals surface area contributed by atoms with E-state index in [-0.39, 0.29) is 17.2 Å². The highest BCUT2D eigenvalue weighted by Crippen LogP contribution is 2.61. The second-order valence-corrected chi connectivity index (χ2v) is 16.0. The molecule has 2 aliphatic rings. The molecular weight excluding hydrogens is 551 g/mol. The lowest BCUT2D eigenvalue weighted by Gasteiger charge is -2.33. The van der Waals surface area contributed by atoms with Crippen LogP contribution in [0.5, 0.6) is 0 Å². The molecule has 0 saturated heterocycles. The summed E-state index contributed by atoms with van der Waals surface area (Å²) >= 11 is 5.42. The maximum Gasteiger partial charge on any atom is 0.262 e. The molecule has 216 valence electrons. The lowest BCUT2D eigenvalue weighted by atomic mass is 9.69. The second-order valence-electron chi connectivity index (χ2n) is 12.5. The Morgan fingerprint density at radius 1 is 0.750 bits per heavy atom.